The first-order valence-electron chi connectivity index (χ1n) is 3.99. The molecule has 0 atom stereocenters. The highest BCUT2D eigenvalue weighted by atomic mass is 19.1. The summed E-state index contributed by atoms with van der Waals surface area (Å²) in [5, 5.41) is 0. The van der Waals surface area contributed by atoms with Gasteiger partial charge in [0, 0.05) is 0 Å². The van der Waals surface area contributed by atoms with Crippen LogP contribution in [0.3, 0.4) is 0 Å². The summed E-state index contributed by atoms with van der Waals surface area (Å²) in [7, 11) is 0. The first kappa shape index (κ1) is 13.7. The summed E-state index contributed by atoms with van der Waals surface area (Å²) >= 11 is 0. The molecule has 0 fully saturated rings. The maximum atomic E-state index is 12.3. The van der Waals surface area contributed by atoms with Crippen molar-refractivity contribution in [1.82, 2.24) is 0 Å². The van der Waals surface area contributed by atoms with Crippen molar-refractivity contribution in [3.05, 3.63) is 36.0 Å². The number of hydrogen-bond donors (Lipinski definition) is 0. The van der Waals surface area contributed by atoms with Crippen LogP contribution < -0.4 is 0 Å². The van der Waals surface area contributed by atoms with Crippen LogP contribution in [0.15, 0.2) is 36.0 Å². The van der Waals surface area contributed by atoms with Gasteiger partial charge < -0.3 is 0 Å². The van der Waals surface area contributed by atoms with E-state index in [2.05, 4.69) is 0 Å². The number of halogens is 2. The van der Waals surface area contributed by atoms with Crippen LogP contribution in [0.2, 0.25) is 0 Å². The Bertz CT molecular complexity index is 172. The third kappa shape index (κ3) is 11.8. The summed E-state index contributed by atoms with van der Waals surface area (Å²) in [4.78, 5) is 0. The molecule has 0 nitrogen and oxygen atoms in total. The predicted molar refractivity (Wildman–Crippen MR) is 50.2 cm³/mol. The Balaban J connectivity index is 0. The summed E-state index contributed by atoms with van der Waals surface area (Å²) < 4.78 is 24.3. The van der Waals surface area contributed by atoms with Gasteiger partial charge in [-0.1, -0.05) is 19.9 Å². The Morgan fingerprint density at radius 1 is 1.08 bits per heavy atom. The number of hydrogen-bond acceptors (Lipinski definition) is 0. The molecular weight excluding hydrogens is 158 g/mol. The van der Waals surface area contributed by atoms with E-state index in [0.29, 0.717) is 0 Å². The van der Waals surface area contributed by atoms with E-state index < -0.39 is 11.7 Å². The molecule has 0 saturated carbocycles. The average molecular weight is 174 g/mol. The quantitative estimate of drug-likeness (QED) is 0.547. The van der Waals surface area contributed by atoms with Gasteiger partial charge in [-0.05, 0) is 32.1 Å². The molecule has 0 amide bonds. The monoisotopic (exact) mass is 174 g/mol. The minimum Gasteiger partial charge on any atom is -0.212 e. The van der Waals surface area contributed by atoms with Crippen molar-refractivity contribution < 1.29 is 8.78 Å². The topological polar surface area (TPSA) is 0 Å². The Morgan fingerprint density at radius 3 is 1.92 bits per heavy atom. The summed E-state index contributed by atoms with van der Waals surface area (Å²) in [6.45, 7) is 6.96. The summed E-state index contributed by atoms with van der Waals surface area (Å²) in [6.07, 6.45) is 4.97. The smallest absolute Gasteiger partial charge is 0.122 e. The molecule has 0 saturated heterocycles. The first-order chi connectivity index (χ1) is 5.66. The second kappa shape index (κ2) is 10.1. The molecule has 0 unspecified atom stereocenters. The molecule has 0 N–H and O–H groups in total. The molecular formula is C10H16F2. The molecule has 0 spiro atoms. The van der Waals surface area contributed by atoms with Gasteiger partial charge in [0.05, 0.1) is 5.83 Å². The number of allylic oxidation sites excluding steroid dienone is 6. The molecule has 0 aromatic carbocycles. The predicted octanol–water partition coefficient (Wildman–Crippen LogP) is 4.32. The van der Waals surface area contributed by atoms with Gasteiger partial charge in [0.25, 0.3) is 0 Å². The van der Waals surface area contributed by atoms with Crippen LogP contribution in [-0.4, -0.2) is 0 Å². The van der Waals surface area contributed by atoms with Crippen molar-refractivity contribution in [3.63, 3.8) is 0 Å². The van der Waals surface area contributed by atoms with Crippen LogP contribution >= 0.6 is 0 Å². The van der Waals surface area contributed by atoms with E-state index in [9.17, 15) is 8.78 Å². The van der Waals surface area contributed by atoms with E-state index in [-0.39, 0.29) is 0 Å². The van der Waals surface area contributed by atoms with E-state index in [1.165, 1.54) is 13.0 Å². The van der Waals surface area contributed by atoms with E-state index >= 15 is 0 Å². The van der Waals surface area contributed by atoms with Crippen molar-refractivity contribution in [2.45, 2.75) is 27.7 Å². The minimum atomic E-state index is -0.445. The molecule has 2 heteroatoms. The van der Waals surface area contributed by atoms with Gasteiger partial charge in [-0.15, -0.1) is 0 Å². The lowest BCUT2D eigenvalue weighted by atomic mass is 10.4. The first-order valence-corrected chi connectivity index (χ1v) is 3.99. The fourth-order valence-corrected chi connectivity index (χ4v) is 0.409. The molecule has 0 aliphatic heterocycles. The zero-order valence-electron chi connectivity index (χ0n) is 8.07. The van der Waals surface area contributed by atoms with Crippen molar-refractivity contribution in [2.75, 3.05) is 0 Å². The van der Waals surface area contributed by atoms with Gasteiger partial charge in [0.2, 0.25) is 0 Å². The number of rotatable bonds is 2. The molecule has 0 aromatic heterocycles. The van der Waals surface area contributed by atoms with Crippen LogP contribution in [0.1, 0.15) is 27.7 Å². The highest BCUT2D eigenvalue weighted by Gasteiger charge is 1.82. The lowest BCUT2D eigenvalue weighted by Crippen LogP contribution is -1.63. The van der Waals surface area contributed by atoms with Gasteiger partial charge in [0.15, 0.2) is 0 Å². The van der Waals surface area contributed by atoms with E-state index in [0.717, 1.165) is 12.2 Å². The molecule has 0 heterocycles. The normalized spacial score (nSPS) is 12.8. The second-order valence-electron chi connectivity index (χ2n) is 1.80. The zero-order valence-corrected chi connectivity index (χ0v) is 8.07. The highest BCUT2D eigenvalue weighted by molar-refractivity contribution is 5.17. The van der Waals surface area contributed by atoms with Crippen LogP contribution in [-0.2, 0) is 0 Å². The van der Waals surface area contributed by atoms with Gasteiger partial charge in [-0.25, -0.2) is 8.78 Å². The Kier molecular flexibility index (Phi) is 11.5. The van der Waals surface area contributed by atoms with Crippen LogP contribution in [0.5, 0.6) is 0 Å². The summed E-state index contributed by atoms with van der Waals surface area (Å²) in [5.41, 5.74) is 0. The largest absolute Gasteiger partial charge is 0.212 e. The van der Waals surface area contributed by atoms with Crippen molar-refractivity contribution in [2.24, 2.45) is 0 Å². The SMILES string of the molecule is C/C=C/C(F)=C\C=C(/C)F.CC. The molecule has 0 aliphatic carbocycles. The molecule has 12 heavy (non-hydrogen) atoms. The van der Waals surface area contributed by atoms with Crippen LogP contribution in [0.4, 0.5) is 8.78 Å². The maximum absolute atomic E-state index is 12.3. The Morgan fingerprint density at radius 2 is 1.58 bits per heavy atom. The molecule has 0 rings (SSSR count). The van der Waals surface area contributed by atoms with Crippen molar-refractivity contribution >= 4 is 0 Å². The Hall–Kier alpha value is -0.920. The van der Waals surface area contributed by atoms with Crippen LogP contribution in [0, 0.1) is 0 Å². The average Bonchev–Trinajstić information content (AvgIpc) is 2.05. The molecule has 0 bridgehead atoms. The van der Waals surface area contributed by atoms with Gasteiger partial charge >= 0.3 is 0 Å². The van der Waals surface area contributed by atoms with Gasteiger partial charge in [0.1, 0.15) is 5.83 Å². The van der Waals surface area contributed by atoms with Gasteiger partial charge in [-0.3, -0.25) is 0 Å². The molecule has 0 aliphatic rings. The third-order valence-corrected chi connectivity index (χ3v) is 0.798. The maximum Gasteiger partial charge on any atom is 0.122 e. The zero-order chi connectivity index (χ0) is 9.98. The third-order valence-electron chi connectivity index (χ3n) is 0.798. The summed E-state index contributed by atoms with van der Waals surface area (Å²) in [5.74, 6) is -0.848. The van der Waals surface area contributed by atoms with Crippen LogP contribution in [0.25, 0.3) is 0 Å². The standard InChI is InChI=1S/C8H10F2.C2H6/c1-3-4-8(10)6-5-7(2)9;1-2/h3-6H,1-2H3;1-2H3/b4-3+,7-5+,8-6+;. The molecule has 70 valence electrons. The minimum absolute atomic E-state index is 0.403. The lowest BCUT2D eigenvalue weighted by Gasteiger charge is -1.81. The van der Waals surface area contributed by atoms with E-state index in [1.807, 2.05) is 13.8 Å². The van der Waals surface area contributed by atoms with Crippen molar-refractivity contribution in [1.29, 1.82) is 0 Å². The van der Waals surface area contributed by atoms with E-state index in [1.54, 1.807) is 13.0 Å². The fraction of sp³-hybridized carbons (Fsp3) is 0.400. The fourth-order valence-electron chi connectivity index (χ4n) is 0.409. The van der Waals surface area contributed by atoms with Crippen molar-refractivity contribution in [3.8, 4) is 0 Å². The molecule has 0 radical (unpaired) electrons. The lowest BCUT2D eigenvalue weighted by molar-refractivity contribution is 0.636. The highest BCUT2D eigenvalue weighted by Crippen LogP contribution is 2.01. The second-order valence-corrected chi connectivity index (χ2v) is 1.80. The van der Waals surface area contributed by atoms with Gasteiger partial charge in [-0.2, -0.15) is 0 Å². The molecule has 0 aromatic rings. The van der Waals surface area contributed by atoms with E-state index in [4.69, 9.17) is 0 Å². The Labute approximate surface area is 73.3 Å². The summed E-state index contributed by atoms with van der Waals surface area (Å²) in [6, 6.07) is 0.